The molecule has 0 saturated carbocycles. The first-order chi connectivity index (χ1) is 14.1. The second kappa shape index (κ2) is 8.26. The number of nitrogens with one attached hydrogen (secondary N) is 1. The molecule has 7 heteroatoms. The van der Waals surface area contributed by atoms with E-state index < -0.39 is 0 Å². The summed E-state index contributed by atoms with van der Waals surface area (Å²) < 4.78 is 0. The number of aromatic nitrogens is 3. The van der Waals surface area contributed by atoms with Crippen LogP contribution in [-0.2, 0) is 0 Å². The summed E-state index contributed by atoms with van der Waals surface area (Å²) in [5, 5.41) is 3.23. The van der Waals surface area contributed by atoms with Crippen molar-refractivity contribution in [3.63, 3.8) is 0 Å². The number of carbonyl (C=O) groups is 1. The van der Waals surface area contributed by atoms with E-state index in [9.17, 15) is 4.79 Å². The summed E-state index contributed by atoms with van der Waals surface area (Å²) in [4.78, 5) is 29.8. The van der Waals surface area contributed by atoms with E-state index in [2.05, 4.69) is 25.1 Å². The molecule has 4 rings (SSSR count). The Hall–Kier alpha value is -3.48. The van der Waals surface area contributed by atoms with Crippen LogP contribution in [-0.4, -0.2) is 46.9 Å². The van der Waals surface area contributed by atoms with E-state index in [0.29, 0.717) is 11.5 Å². The van der Waals surface area contributed by atoms with Crippen molar-refractivity contribution in [1.29, 1.82) is 0 Å². The van der Waals surface area contributed by atoms with Crippen molar-refractivity contribution in [1.82, 2.24) is 15.0 Å². The van der Waals surface area contributed by atoms with Crippen molar-refractivity contribution in [3.8, 4) is 0 Å². The summed E-state index contributed by atoms with van der Waals surface area (Å²) in [6, 6.07) is 15.4. The van der Waals surface area contributed by atoms with E-state index in [1.165, 1.54) is 0 Å². The van der Waals surface area contributed by atoms with Crippen molar-refractivity contribution in [2.24, 2.45) is 0 Å². The fourth-order valence-corrected chi connectivity index (χ4v) is 3.42. The summed E-state index contributed by atoms with van der Waals surface area (Å²) in [7, 11) is 0. The summed E-state index contributed by atoms with van der Waals surface area (Å²) in [6.45, 7) is 7.04. The largest absolute Gasteiger partial charge is 0.353 e. The van der Waals surface area contributed by atoms with Gasteiger partial charge in [0.25, 0.3) is 0 Å². The van der Waals surface area contributed by atoms with Gasteiger partial charge in [-0.25, -0.2) is 9.97 Å². The number of Topliss-reactive ketones (excluding diaryl/α,β-unsaturated/α-hetero) is 1. The predicted octanol–water partition coefficient (Wildman–Crippen LogP) is 3.45. The van der Waals surface area contributed by atoms with E-state index in [1.807, 2.05) is 55.6 Å². The van der Waals surface area contributed by atoms with E-state index in [1.54, 1.807) is 13.0 Å². The lowest BCUT2D eigenvalue weighted by Gasteiger charge is -2.36. The molecule has 1 aromatic carbocycles. The molecule has 148 valence electrons. The molecule has 1 aliphatic heterocycles. The minimum atomic E-state index is 0.0327. The SMILES string of the molecule is CC(=O)c1cccc(Nc2nc(C)cc(N3CCN(c4ccccn4)CC3)n2)c1. The van der Waals surface area contributed by atoms with Gasteiger partial charge >= 0.3 is 0 Å². The molecule has 3 heterocycles. The summed E-state index contributed by atoms with van der Waals surface area (Å²) in [5.41, 5.74) is 2.36. The van der Waals surface area contributed by atoms with Gasteiger partial charge in [0.1, 0.15) is 11.6 Å². The normalized spacial score (nSPS) is 14.0. The number of benzene rings is 1. The van der Waals surface area contributed by atoms with Crippen LogP contribution in [0.1, 0.15) is 23.0 Å². The van der Waals surface area contributed by atoms with Crippen molar-refractivity contribution in [3.05, 3.63) is 66.0 Å². The molecule has 7 nitrogen and oxygen atoms in total. The monoisotopic (exact) mass is 388 g/mol. The smallest absolute Gasteiger partial charge is 0.229 e. The van der Waals surface area contributed by atoms with Crippen LogP contribution < -0.4 is 15.1 Å². The Labute approximate surface area is 170 Å². The van der Waals surface area contributed by atoms with Gasteiger partial charge in [-0.3, -0.25) is 4.79 Å². The third-order valence-corrected chi connectivity index (χ3v) is 4.94. The molecule has 3 aromatic rings. The third kappa shape index (κ3) is 4.51. The molecule has 0 unspecified atom stereocenters. The van der Waals surface area contributed by atoms with E-state index >= 15 is 0 Å². The predicted molar refractivity (Wildman–Crippen MR) is 115 cm³/mol. The van der Waals surface area contributed by atoms with Gasteiger partial charge in [0.15, 0.2) is 5.78 Å². The molecule has 2 aromatic heterocycles. The van der Waals surface area contributed by atoms with Gasteiger partial charge in [0.2, 0.25) is 5.95 Å². The fourth-order valence-electron chi connectivity index (χ4n) is 3.42. The Morgan fingerprint density at radius 3 is 2.38 bits per heavy atom. The van der Waals surface area contributed by atoms with Crippen molar-refractivity contribution < 1.29 is 4.79 Å². The first-order valence-corrected chi connectivity index (χ1v) is 9.73. The maximum atomic E-state index is 11.6. The molecule has 1 saturated heterocycles. The average Bonchev–Trinajstić information content (AvgIpc) is 2.74. The molecule has 0 bridgehead atoms. The fraction of sp³-hybridized carbons (Fsp3) is 0.273. The van der Waals surface area contributed by atoms with E-state index in [-0.39, 0.29) is 5.78 Å². The van der Waals surface area contributed by atoms with Crippen LogP contribution in [0.3, 0.4) is 0 Å². The molecule has 1 aliphatic rings. The van der Waals surface area contributed by atoms with Crippen molar-refractivity contribution in [2.45, 2.75) is 13.8 Å². The molecule has 29 heavy (non-hydrogen) atoms. The number of hydrogen-bond donors (Lipinski definition) is 1. The number of piperazine rings is 1. The molecule has 0 atom stereocenters. The highest BCUT2D eigenvalue weighted by Crippen LogP contribution is 2.21. The van der Waals surface area contributed by atoms with E-state index in [0.717, 1.165) is 49.2 Å². The van der Waals surface area contributed by atoms with Crippen molar-refractivity contribution in [2.75, 3.05) is 41.3 Å². The molecule has 0 amide bonds. The average molecular weight is 388 g/mol. The zero-order chi connectivity index (χ0) is 20.2. The van der Waals surface area contributed by atoms with Crippen LogP contribution in [0.15, 0.2) is 54.7 Å². The number of pyridine rings is 1. The lowest BCUT2D eigenvalue weighted by atomic mass is 10.1. The highest BCUT2D eigenvalue weighted by Gasteiger charge is 2.20. The Bertz CT molecular complexity index is 999. The van der Waals surface area contributed by atoms with Crippen LogP contribution in [0.4, 0.5) is 23.3 Å². The lowest BCUT2D eigenvalue weighted by Crippen LogP contribution is -2.47. The van der Waals surface area contributed by atoms with Crippen molar-refractivity contribution >= 4 is 29.1 Å². The Morgan fingerprint density at radius 2 is 1.69 bits per heavy atom. The first kappa shape index (κ1) is 18.9. The Kier molecular flexibility index (Phi) is 5.37. The van der Waals surface area contributed by atoms with Gasteiger partial charge in [0, 0.05) is 55.4 Å². The molecule has 0 spiro atoms. The van der Waals surface area contributed by atoms with Gasteiger partial charge in [-0.1, -0.05) is 18.2 Å². The molecule has 1 N–H and O–H groups in total. The van der Waals surface area contributed by atoms with Crippen LogP contribution in [0.2, 0.25) is 0 Å². The number of aryl methyl sites for hydroxylation is 1. The van der Waals surface area contributed by atoms with Gasteiger partial charge in [-0.15, -0.1) is 0 Å². The number of anilines is 4. The quantitative estimate of drug-likeness (QED) is 0.671. The van der Waals surface area contributed by atoms with Gasteiger partial charge < -0.3 is 15.1 Å². The molecule has 0 aliphatic carbocycles. The molecule has 1 fully saturated rings. The zero-order valence-corrected chi connectivity index (χ0v) is 16.7. The van der Waals surface area contributed by atoms with Gasteiger partial charge in [-0.05, 0) is 38.1 Å². The summed E-state index contributed by atoms with van der Waals surface area (Å²) in [6.07, 6.45) is 1.83. The summed E-state index contributed by atoms with van der Waals surface area (Å²) >= 11 is 0. The number of nitrogens with zero attached hydrogens (tertiary/aromatic N) is 5. The summed E-state index contributed by atoms with van der Waals surface area (Å²) in [5.74, 6) is 2.49. The lowest BCUT2D eigenvalue weighted by molar-refractivity contribution is 0.101. The Balaban J connectivity index is 1.48. The number of hydrogen-bond acceptors (Lipinski definition) is 7. The number of rotatable bonds is 5. The van der Waals surface area contributed by atoms with Gasteiger partial charge in [0.05, 0.1) is 0 Å². The topological polar surface area (TPSA) is 74.2 Å². The minimum absolute atomic E-state index is 0.0327. The maximum absolute atomic E-state index is 11.6. The highest BCUT2D eigenvalue weighted by atomic mass is 16.1. The molecule has 0 radical (unpaired) electrons. The third-order valence-electron chi connectivity index (χ3n) is 4.94. The maximum Gasteiger partial charge on any atom is 0.229 e. The zero-order valence-electron chi connectivity index (χ0n) is 16.7. The number of ketones is 1. The number of carbonyl (C=O) groups excluding carboxylic acids is 1. The second-order valence-corrected chi connectivity index (χ2v) is 7.12. The minimum Gasteiger partial charge on any atom is -0.353 e. The standard InChI is InChI=1S/C22H24N6O/c1-16-14-21(28-12-10-27(11-13-28)20-8-3-4-9-23-20)26-22(24-16)25-19-7-5-6-18(15-19)17(2)29/h3-9,14-15H,10-13H2,1-2H3,(H,24,25,26). The van der Waals surface area contributed by atoms with Crippen LogP contribution in [0, 0.1) is 6.92 Å². The Morgan fingerprint density at radius 1 is 0.931 bits per heavy atom. The molecular weight excluding hydrogens is 364 g/mol. The van der Waals surface area contributed by atoms with Crippen LogP contribution in [0.25, 0.3) is 0 Å². The van der Waals surface area contributed by atoms with Crippen LogP contribution in [0.5, 0.6) is 0 Å². The van der Waals surface area contributed by atoms with E-state index in [4.69, 9.17) is 4.98 Å². The van der Waals surface area contributed by atoms with Crippen LogP contribution >= 0.6 is 0 Å². The highest BCUT2D eigenvalue weighted by molar-refractivity contribution is 5.95. The first-order valence-electron chi connectivity index (χ1n) is 9.73. The molecular formula is C22H24N6O. The second-order valence-electron chi connectivity index (χ2n) is 7.12. The van der Waals surface area contributed by atoms with Gasteiger partial charge in [-0.2, -0.15) is 4.98 Å².